The van der Waals surface area contributed by atoms with E-state index in [4.69, 9.17) is 9.72 Å². The fraction of sp³-hybridized carbons (Fsp3) is 0.423. The predicted octanol–water partition coefficient (Wildman–Crippen LogP) is 5.11. The van der Waals surface area contributed by atoms with Gasteiger partial charge in [0.05, 0.1) is 29.7 Å². The molecule has 0 bridgehead atoms. The highest BCUT2D eigenvalue weighted by molar-refractivity contribution is 5.95. The lowest BCUT2D eigenvalue weighted by atomic mass is 9.95. The Labute approximate surface area is 194 Å². The van der Waals surface area contributed by atoms with Crippen LogP contribution in [0.3, 0.4) is 0 Å². The van der Waals surface area contributed by atoms with Gasteiger partial charge in [0.15, 0.2) is 0 Å². The first kappa shape index (κ1) is 22.8. The summed E-state index contributed by atoms with van der Waals surface area (Å²) in [5.74, 6) is -0.849. The maximum Gasteiger partial charge on any atom is 0.414 e. The standard InChI is InChI=1S/C26H31N3O4/c1-16-11-12-18-20(28(16)25(32)33-5)13-14-21-23(18)27-22(29(21)26(2,3)4)15-19(24(30)31)17-9-7-6-8-10-17/h6-10,13-14,16,19H,11-12,15H2,1-5H3,(H,30,31)/t16-,19+/m0/s1. The molecule has 2 aromatic carbocycles. The Bertz CT molecular complexity index is 1190. The summed E-state index contributed by atoms with van der Waals surface area (Å²) in [4.78, 5) is 31.4. The number of fused-ring (bicyclic) bond motifs is 3. The predicted molar refractivity (Wildman–Crippen MR) is 128 cm³/mol. The molecule has 0 spiro atoms. The van der Waals surface area contributed by atoms with E-state index in [1.807, 2.05) is 49.4 Å². The number of methoxy groups -OCH3 is 1. The van der Waals surface area contributed by atoms with Gasteiger partial charge in [-0.15, -0.1) is 0 Å². The van der Waals surface area contributed by atoms with Crippen LogP contribution in [0.5, 0.6) is 0 Å². The summed E-state index contributed by atoms with van der Waals surface area (Å²) in [7, 11) is 1.39. The van der Waals surface area contributed by atoms with Crippen LogP contribution < -0.4 is 4.90 Å². The van der Waals surface area contributed by atoms with Crippen LogP contribution >= 0.6 is 0 Å². The largest absolute Gasteiger partial charge is 0.481 e. The van der Waals surface area contributed by atoms with Gasteiger partial charge in [0.2, 0.25) is 0 Å². The number of carboxylic acid groups (broad SMARTS) is 1. The van der Waals surface area contributed by atoms with Gasteiger partial charge in [-0.1, -0.05) is 30.3 Å². The van der Waals surface area contributed by atoms with E-state index in [0.29, 0.717) is 0 Å². The van der Waals surface area contributed by atoms with Gasteiger partial charge in [-0.2, -0.15) is 0 Å². The van der Waals surface area contributed by atoms with Gasteiger partial charge in [-0.25, -0.2) is 9.78 Å². The van der Waals surface area contributed by atoms with Crippen molar-refractivity contribution in [1.82, 2.24) is 9.55 Å². The van der Waals surface area contributed by atoms with Gasteiger partial charge < -0.3 is 14.4 Å². The van der Waals surface area contributed by atoms with Crippen LogP contribution in [0.25, 0.3) is 11.0 Å². The average Bonchev–Trinajstić information content (AvgIpc) is 3.16. The van der Waals surface area contributed by atoms with Crippen molar-refractivity contribution < 1.29 is 19.4 Å². The number of rotatable bonds is 4. The molecular formula is C26H31N3O4. The molecule has 7 nitrogen and oxygen atoms in total. The number of carbonyl (C=O) groups is 2. The molecule has 2 heterocycles. The van der Waals surface area contributed by atoms with Crippen LogP contribution in [0.2, 0.25) is 0 Å². The zero-order valence-corrected chi connectivity index (χ0v) is 19.8. The Morgan fingerprint density at radius 3 is 2.48 bits per heavy atom. The van der Waals surface area contributed by atoms with E-state index in [9.17, 15) is 14.7 Å². The molecular weight excluding hydrogens is 418 g/mol. The van der Waals surface area contributed by atoms with E-state index in [1.54, 1.807) is 4.90 Å². The Balaban J connectivity index is 1.89. The van der Waals surface area contributed by atoms with E-state index >= 15 is 0 Å². The SMILES string of the molecule is COC(=O)N1c2ccc3c(nc(C[C@@H](C(=O)O)c4ccccc4)n3C(C)(C)C)c2CC[C@@H]1C. The van der Waals surface area contributed by atoms with Crippen molar-refractivity contribution in [2.24, 2.45) is 0 Å². The summed E-state index contributed by atoms with van der Waals surface area (Å²) in [6.07, 6.45) is 1.49. The van der Waals surface area contributed by atoms with Gasteiger partial charge in [-0.3, -0.25) is 9.69 Å². The lowest BCUT2D eigenvalue weighted by Gasteiger charge is -2.34. The van der Waals surface area contributed by atoms with Gasteiger partial charge >= 0.3 is 12.1 Å². The molecule has 0 saturated carbocycles. The van der Waals surface area contributed by atoms with Crippen molar-refractivity contribution in [2.45, 2.75) is 64.5 Å². The van der Waals surface area contributed by atoms with Crippen molar-refractivity contribution in [3.63, 3.8) is 0 Å². The molecule has 1 aliphatic rings. The molecule has 0 aliphatic carbocycles. The number of aliphatic carboxylic acids is 1. The van der Waals surface area contributed by atoms with E-state index in [0.717, 1.165) is 46.5 Å². The number of aromatic nitrogens is 2. The minimum Gasteiger partial charge on any atom is -0.481 e. The average molecular weight is 450 g/mol. The third-order valence-electron chi connectivity index (χ3n) is 6.42. The van der Waals surface area contributed by atoms with Crippen molar-refractivity contribution in [2.75, 3.05) is 12.0 Å². The smallest absolute Gasteiger partial charge is 0.414 e. The molecule has 1 aromatic heterocycles. The Kier molecular flexibility index (Phi) is 5.91. The minimum atomic E-state index is -0.874. The molecule has 174 valence electrons. The van der Waals surface area contributed by atoms with Gasteiger partial charge in [0, 0.05) is 23.6 Å². The summed E-state index contributed by atoms with van der Waals surface area (Å²) < 4.78 is 7.18. The maximum atomic E-state index is 12.5. The van der Waals surface area contributed by atoms with Gasteiger partial charge in [0.25, 0.3) is 0 Å². The second kappa shape index (κ2) is 8.54. The molecule has 0 fully saturated rings. The molecule has 1 amide bonds. The summed E-state index contributed by atoms with van der Waals surface area (Å²) in [5, 5.41) is 10.0. The Morgan fingerprint density at radius 1 is 1.18 bits per heavy atom. The number of amides is 1. The molecule has 0 radical (unpaired) electrons. The summed E-state index contributed by atoms with van der Waals surface area (Å²) in [5.41, 5.74) is 4.05. The second-order valence-corrected chi connectivity index (χ2v) is 9.70. The molecule has 1 N–H and O–H groups in total. The van der Waals surface area contributed by atoms with Crippen LogP contribution in [0.15, 0.2) is 42.5 Å². The number of carbonyl (C=O) groups excluding carboxylic acids is 1. The first-order valence-corrected chi connectivity index (χ1v) is 11.3. The van der Waals surface area contributed by atoms with Crippen LogP contribution in [0.1, 0.15) is 57.0 Å². The molecule has 1 aliphatic heterocycles. The fourth-order valence-corrected chi connectivity index (χ4v) is 4.91. The number of hydrogen-bond donors (Lipinski definition) is 1. The van der Waals surface area contributed by atoms with E-state index < -0.39 is 11.9 Å². The van der Waals surface area contributed by atoms with Crippen molar-refractivity contribution >= 4 is 28.8 Å². The highest BCUT2D eigenvalue weighted by atomic mass is 16.5. The normalized spacial score (nSPS) is 17.0. The molecule has 2 atom stereocenters. The number of imidazole rings is 1. The molecule has 3 aromatic rings. The van der Waals surface area contributed by atoms with Crippen molar-refractivity contribution in [1.29, 1.82) is 0 Å². The molecule has 0 unspecified atom stereocenters. The van der Waals surface area contributed by atoms with Gasteiger partial charge in [0.1, 0.15) is 5.82 Å². The van der Waals surface area contributed by atoms with Crippen molar-refractivity contribution in [3.8, 4) is 0 Å². The number of aryl methyl sites for hydroxylation is 1. The Hall–Kier alpha value is -3.35. The quantitative estimate of drug-likeness (QED) is 0.598. The van der Waals surface area contributed by atoms with E-state index in [1.165, 1.54) is 7.11 Å². The lowest BCUT2D eigenvalue weighted by Crippen LogP contribution is -2.42. The van der Waals surface area contributed by atoms with E-state index in [-0.39, 0.29) is 24.1 Å². The molecule has 4 rings (SSSR count). The number of benzene rings is 2. The Morgan fingerprint density at radius 2 is 1.88 bits per heavy atom. The summed E-state index contributed by atoms with van der Waals surface area (Å²) >= 11 is 0. The maximum absolute atomic E-state index is 12.5. The zero-order chi connectivity index (χ0) is 23.9. The highest BCUT2D eigenvalue weighted by Crippen LogP contribution is 2.38. The molecule has 33 heavy (non-hydrogen) atoms. The van der Waals surface area contributed by atoms with Crippen LogP contribution in [-0.2, 0) is 27.9 Å². The number of anilines is 1. The van der Waals surface area contributed by atoms with Crippen LogP contribution in [0, 0.1) is 0 Å². The molecule has 7 heteroatoms. The minimum absolute atomic E-state index is 0.0287. The first-order chi connectivity index (χ1) is 15.6. The summed E-state index contributed by atoms with van der Waals surface area (Å²) in [6, 6.07) is 13.3. The highest BCUT2D eigenvalue weighted by Gasteiger charge is 2.33. The third-order valence-corrected chi connectivity index (χ3v) is 6.42. The van der Waals surface area contributed by atoms with Crippen molar-refractivity contribution in [3.05, 3.63) is 59.4 Å². The topological polar surface area (TPSA) is 84.7 Å². The van der Waals surface area contributed by atoms with Gasteiger partial charge in [-0.05, 0) is 58.2 Å². The fourth-order valence-electron chi connectivity index (χ4n) is 4.91. The third kappa shape index (κ3) is 4.08. The van der Waals surface area contributed by atoms with E-state index in [2.05, 4.69) is 25.3 Å². The second-order valence-electron chi connectivity index (χ2n) is 9.70. The number of ether oxygens (including phenoxy) is 1. The van der Waals surface area contributed by atoms with Crippen LogP contribution in [0.4, 0.5) is 10.5 Å². The zero-order valence-electron chi connectivity index (χ0n) is 19.8. The number of hydrogen-bond acceptors (Lipinski definition) is 4. The van der Waals surface area contributed by atoms with Crippen LogP contribution in [-0.4, -0.2) is 39.9 Å². The molecule has 0 saturated heterocycles. The number of carboxylic acids is 1. The monoisotopic (exact) mass is 449 g/mol. The lowest BCUT2D eigenvalue weighted by molar-refractivity contribution is -0.138. The number of nitrogens with zero attached hydrogens (tertiary/aromatic N) is 3. The first-order valence-electron chi connectivity index (χ1n) is 11.3. The summed E-state index contributed by atoms with van der Waals surface area (Å²) in [6.45, 7) is 8.30.